The van der Waals surface area contributed by atoms with Gasteiger partial charge < -0.3 is 5.32 Å². The number of aromatic nitrogens is 4. The Morgan fingerprint density at radius 1 is 0.970 bits per heavy atom. The largest absolute Gasteiger partial charge is 0.322 e. The summed E-state index contributed by atoms with van der Waals surface area (Å²) < 4.78 is 24.1. The van der Waals surface area contributed by atoms with Crippen molar-refractivity contribution in [1.82, 2.24) is 20.2 Å². The Bertz CT molecular complexity index is 1360. The zero-order valence-electron chi connectivity index (χ0n) is 17.3. The molecule has 1 heterocycles. The normalized spacial score (nSPS) is 11.3. The van der Waals surface area contributed by atoms with E-state index in [1.54, 1.807) is 41.1 Å². The van der Waals surface area contributed by atoms with Gasteiger partial charge >= 0.3 is 0 Å². The molecule has 11 heteroatoms. The number of nitrogens with two attached hydrogens (primary N) is 1. The van der Waals surface area contributed by atoms with E-state index < -0.39 is 10.0 Å². The van der Waals surface area contributed by atoms with Crippen LogP contribution in [0.25, 0.3) is 5.69 Å². The Hall–Kier alpha value is -3.54. The first kappa shape index (κ1) is 22.6. The summed E-state index contributed by atoms with van der Waals surface area (Å²) in [4.78, 5) is 13.7. The zero-order chi connectivity index (χ0) is 23.3. The third-order valence-electron chi connectivity index (χ3n) is 4.60. The molecule has 0 bridgehead atoms. The fourth-order valence-electron chi connectivity index (χ4n) is 3.10. The Balaban J connectivity index is 1.46. The molecule has 0 radical (unpaired) electrons. The SMILES string of the molecule is NS(=O)(=O)Cc1ccc(NC(=O)c2ccccc2SCc2nnnn2-c2ccccc2)cc1. The molecule has 0 saturated heterocycles. The number of amides is 1. The predicted octanol–water partition coefficient (Wildman–Crippen LogP) is 3.00. The van der Waals surface area contributed by atoms with Gasteiger partial charge in [-0.1, -0.05) is 42.5 Å². The molecule has 0 aliphatic carbocycles. The molecule has 1 aromatic heterocycles. The number of tetrazole rings is 1. The van der Waals surface area contributed by atoms with Crippen molar-refractivity contribution in [3.8, 4) is 5.69 Å². The number of hydrogen-bond donors (Lipinski definition) is 2. The van der Waals surface area contributed by atoms with Crippen LogP contribution in [0.3, 0.4) is 0 Å². The maximum atomic E-state index is 12.9. The zero-order valence-corrected chi connectivity index (χ0v) is 19.0. The first-order chi connectivity index (χ1) is 15.9. The summed E-state index contributed by atoms with van der Waals surface area (Å²) in [6.45, 7) is 0. The lowest BCUT2D eigenvalue weighted by Gasteiger charge is -2.10. The van der Waals surface area contributed by atoms with E-state index in [0.29, 0.717) is 28.4 Å². The molecule has 0 fully saturated rings. The smallest absolute Gasteiger partial charge is 0.256 e. The van der Waals surface area contributed by atoms with E-state index in [0.717, 1.165) is 10.6 Å². The summed E-state index contributed by atoms with van der Waals surface area (Å²) in [6.07, 6.45) is 0. The topological polar surface area (TPSA) is 133 Å². The van der Waals surface area contributed by atoms with Gasteiger partial charge in [-0.15, -0.1) is 16.9 Å². The van der Waals surface area contributed by atoms with Crippen molar-refractivity contribution in [3.05, 3.63) is 95.8 Å². The summed E-state index contributed by atoms with van der Waals surface area (Å²) in [6, 6.07) is 23.4. The van der Waals surface area contributed by atoms with E-state index in [-0.39, 0.29) is 11.7 Å². The van der Waals surface area contributed by atoms with E-state index in [9.17, 15) is 13.2 Å². The van der Waals surface area contributed by atoms with Crippen molar-refractivity contribution in [2.75, 3.05) is 5.32 Å². The van der Waals surface area contributed by atoms with Gasteiger partial charge in [-0.25, -0.2) is 13.6 Å². The van der Waals surface area contributed by atoms with E-state index in [2.05, 4.69) is 20.8 Å². The van der Waals surface area contributed by atoms with Crippen molar-refractivity contribution in [2.45, 2.75) is 16.4 Å². The van der Waals surface area contributed by atoms with Crippen molar-refractivity contribution in [3.63, 3.8) is 0 Å². The van der Waals surface area contributed by atoms with Crippen LogP contribution in [0.1, 0.15) is 21.7 Å². The number of carbonyl (C=O) groups is 1. The fraction of sp³-hybridized carbons (Fsp3) is 0.0909. The van der Waals surface area contributed by atoms with Gasteiger partial charge in [-0.05, 0) is 52.4 Å². The Kier molecular flexibility index (Phi) is 6.82. The van der Waals surface area contributed by atoms with Crippen LogP contribution in [0.15, 0.2) is 83.8 Å². The molecule has 0 aliphatic rings. The summed E-state index contributed by atoms with van der Waals surface area (Å²) in [7, 11) is -3.61. The number of nitrogens with one attached hydrogen (secondary N) is 1. The highest BCUT2D eigenvalue weighted by atomic mass is 32.2. The number of sulfonamides is 1. The predicted molar refractivity (Wildman–Crippen MR) is 126 cm³/mol. The number of nitrogens with zero attached hydrogens (tertiary/aromatic N) is 4. The van der Waals surface area contributed by atoms with Crippen molar-refractivity contribution in [1.29, 1.82) is 0 Å². The molecule has 0 atom stereocenters. The summed E-state index contributed by atoms with van der Waals surface area (Å²) in [5, 5.41) is 19.9. The number of benzene rings is 3. The molecule has 9 nitrogen and oxygen atoms in total. The lowest BCUT2D eigenvalue weighted by atomic mass is 10.2. The number of hydrogen-bond acceptors (Lipinski definition) is 7. The van der Waals surface area contributed by atoms with Crippen LogP contribution >= 0.6 is 11.8 Å². The molecule has 0 saturated carbocycles. The highest BCUT2D eigenvalue weighted by Crippen LogP contribution is 2.27. The van der Waals surface area contributed by atoms with Gasteiger partial charge in [0.15, 0.2) is 5.82 Å². The monoisotopic (exact) mass is 480 g/mol. The molecule has 3 N–H and O–H groups in total. The maximum absolute atomic E-state index is 12.9. The Labute approximate surface area is 195 Å². The third-order valence-corrected chi connectivity index (χ3v) is 6.41. The number of thioether (sulfide) groups is 1. The summed E-state index contributed by atoms with van der Waals surface area (Å²) >= 11 is 1.46. The molecule has 0 unspecified atom stereocenters. The van der Waals surface area contributed by atoms with Crippen LogP contribution < -0.4 is 10.5 Å². The maximum Gasteiger partial charge on any atom is 0.256 e. The number of rotatable bonds is 8. The molecule has 4 aromatic rings. The molecule has 4 rings (SSSR count). The molecule has 0 spiro atoms. The van der Waals surface area contributed by atoms with Gasteiger partial charge in [-0.3, -0.25) is 4.79 Å². The lowest BCUT2D eigenvalue weighted by molar-refractivity contribution is 0.102. The van der Waals surface area contributed by atoms with Crippen molar-refractivity contribution in [2.24, 2.45) is 5.14 Å². The molecule has 168 valence electrons. The summed E-state index contributed by atoms with van der Waals surface area (Å²) in [5.74, 6) is 0.587. The number of primary sulfonamides is 1. The third kappa shape index (κ3) is 6.04. The van der Waals surface area contributed by atoms with Crippen LogP contribution in [-0.4, -0.2) is 34.5 Å². The van der Waals surface area contributed by atoms with Gasteiger partial charge in [0.1, 0.15) is 0 Å². The molecular formula is C22H20N6O3S2. The van der Waals surface area contributed by atoms with Crippen LogP contribution in [0.2, 0.25) is 0 Å². The first-order valence-corrected chi connectivity index (χ1v) is 12.5. The van der Waals surface area contributed by atoms with Gasteiger partial charge in [-0.2, -0.15) is 4.68 Å². The molecule has 1 amide bonds. The number of carbonyl (C=O) groups excluding carboxylic acids is 1. The van der Waals surface area contributed by atoms with Crippen LogP contribution in [-0.2, 0) is 21.5 Å². The van der Waals surface area contributed by atoms with E-state index in [1.165, 1.54) is 11.8 Å². The van der Waals surface area contributed by atoms with Gasteiger partial charge in [0.05, 0.1) is 22.8 Å². The molecule has 0 aliphatic heterocycles. The van der Waals surface area contributed by atoms with Gasteiger partial charge in [0, 0.05) is 10.6 Å². The van der Waals surface area contributed by atoms with Crippen molar-refractivity contribution < 1.29 is 13.2 Å². The second-order valence-electron chi connectivity index (χ2n) is 7.09. The second-order valence-corrected chi connectivity index (χ2v) is 9.72. The fourth-order valence-corrected chi connectivity index (χ4v) is 4.72. The first-order valence-electron chi connectivity index (χ1n) is 9.84. The van der Waals surface area contributed by atoms with Gasteiger partial charge in [0.2, 0.25) is 10.0 Å². The van der Waals surface area contributed by atoms with Crippen LogP contribution in [0.4, 0.5) is 5.69 Å². The standard InChI is InChI=1S/C22H20N6O3S2/c23-33(30,31)15-16-10-12-17(13-11-16)24-22(29)19-8-4-5-9-20(19)32-14-21-25-26-27-28(21)18-6-2-1-3-7-18/h1-13H,14-15H2,(H,24,29)(H2,23,30,31). The average Bonchev–Trinajstić information content (AvgIpc) is 3.27. The van der Waals surface area contributed by atoms with Crippen LogP contribution in [0, 0.1) is 0 Å². The minimum Gasteiger partial charge on any atom is -0.322 e. The molecule has 33 heavy (non-hydrogen) atoms. The number of para-hydroxylation sites is 1. The Morgan fingerprint density at radius 3 is 2.39 bits per heavy atom. The minimum absolute atomic E-state index is 0.261. The van der Waals surface area contributed by atoms with Crippen molar-refractivity contribution >= 4 is 33.4 Å². The van der Waals surface area contributed by atoms with E-state index in [4.69, 9.17) is 5.14 Å². The lowest BCUT2D eigenvalue weighted by Crippen LogP contribution is -2.15. The van der Waals surface area contributed by atoms with E-state index in [1.807, 2.05) is 42.5 Å². The molecule has 3 aromatic carbocycles. The molecular weight excluding hydrogens is 460 g/mol. The number of anilines is 1. The quantitative estimate of drug-likeness (QED) is 0.370. The summed E-state index contributed by atoms with van der Waals surface area (Å²) in [5.41, 5.74) is 2.46. The van der Waals surface area contributed by atoms with E-state index >= 15 is 0 Å². The average molecular weight is 481 g/mol. The Morgan fingerprint density at radius 2 is 1.67 bits per heavy atom. The highest BCUT2D eigenvalue weighted by Gasteiger charge is 2.15. The van der Waals surface area contributed by atoms with Crippen LogP contribution in [0.5, 0.6) is 0 Å². The highest BCUT2D eigenvalue weighted by molar-refractivity contribution is 7.98. The minimum atomic E-state index is -3.61. The van der Waals surface area contributed by atoms with Gasteiger partial charge in [0.25, 0.3) is 5.91 Å². The second kappa shape index (κ2) is 9.94.